The van der Waals surface area contributed by atoms with Crippen LogP contribution in [0.1, 0.15) is 27.6 Å². The number of amides is 1. The Morgan fingerprint density at radius 1 is 1.13 bits per heavy atom. The number of carbonyl (C=O) groups excluding carboxylic acids is 2. The van der Waals surface area contributed by atoms with E-state index in [0.717, 1.165) is 0 Å². The molecule has 0 aliphatic rings. The van der Waals surface area contributed by atoms with Gasteiger partial charge in [0.2, 0.25) is 0 Å². The normalized spacial score (nSPS) is 10.0. The zero-order valence-electron chi connectivity index (χ0n) is 12.8. The first-order valence-corrected chi connectivity index (χ1v) is 7.00. The van der Waals surface area contributed by atoms with E-state index >= 15 is 0 Å². The van der Waals surface area contributed by atoms with Crippen molar-refractivity contribution in [2.45, 2.75) is 6.92 Å². The summed E-state index contributed by atoms with van der Waals surface area (Å²) in [6.07, 6.45) is 0. The van der Waals surface area contributed by atoms with Gasteiger partial charge in [0.1, 0.15) is 17.1 Å². The van der Waals surface area contributed by atoms with E-state index in [1.165, 1.54) is 18.2 Å². The molecule has 0 heterocycles. The van der Waals surface area contributed by atoms with E-state index in [2.05, 4.69) is 5.32 Å². The first kappa shape index (κ1) is 16.4. The molecule has 23 heavy (non-hydrogen) atoms. The van der Waals surface area contributed by atoms with Crippen LogP contribution in [0.15, 0.2) is 42.5 Å². The van der Waals surface area contributed by atoms with Crippen LogP contribution in [0.2, 0.25) is 0 Å². The van der Waals surface area contributed by atoms with E-state index < -0.39 is 5.97 Å². The molecule has 0 aliphatic carbocycles. The average Bonchev–Trinajstić information content (AvgIpc) is 2.56. The van der Waals surface area contributed by atoms with E-state index in [1.54, 1.807) is 38.3 Å². The summed E-state index contributed by atoms with van der Waals surface area (Å²) in [4.78, 5) is 23.9. The first-order chi connectivity index (χ1) is 11.0. The molecular formula is C17H17NO5. The van der Waals surface area contributed by atoms with Gasteiger partial charge in [0.25, 0.3) is 5.91 Å². The molecule has 6 nitrogen and oxygen atoms in total. The van der Waals surface area contributed by atoms with Crippen molar-refractivity contribution in [1.82, 2.24) is 0 Å². The molecule has 0 aliphatic heterocycles. The predicted molar refractivity (Wildman–Crippen MR) is 85.0 cm³/mol. The van der Waals surface area contributed by atoms with Crippen molar-refractivity contribution in [1.29, 1.82) is 0 Å². The minimum atomic E-state index is -0.648. The summed E-state index contributed by atoms with van der Waals surface area (Å²) in [7, 11) is 1.54. The molecule has 0 atom stereocenters. The third kappa shape index (κ3) is 4.00. The van der Waals surface area contributed by atoms with Crippen LogP contribution in [0.5, 0.6) is 11.5 Å². The van der Waals surface area contributed by atoms with E-state index in [9.17, 15) is 14.7 Å². The molecule has 2 aromatic rings. The van der Waals surface area contributed by atoms with Gasteiger partial charge in [-0.05, 0) is 49.4 Å². The summed E-state index contributed by atoms with van der Waals surface area (Å²) in [6.45, 7) is 1.87. The molecule has 1 amide bonds. The van der Waals surface area contributed by atoms with Crippen molar-refractivity contribution in [3.8, 4) is 11.5 Å². The van der Waals surface area contributed by atoms with Crippen LogP contribution in [0.25, 0.3) is 0 Å². The molecule has 120 valence electrons. The number of nitrogens with one attached hydrogen (secondary N) is 1. The lowest BCUT2D eigenvalue weighted by Gasteiger charge is -2.09. The van der Waals surface area contributed by atoms with Crippen LogP contribution < -0.4 is 10.1 Å². The molecule has 0 radical (unpaired) electrons. The van der Waals surface area contributed by atoms with Crippen molar-refractivity contribution in [3.05, 3.63) is 53.6 Å². The number of benzene rings is 2. The van der Waals surface area contributed by atoms with Crippen molar-refractivity contribution < 1.29 is 24.2 Å². The molecule has 6 heteroatoms. The Hall–Kier alpha value is -3.02. The van der Waals surface area contributed by atoms with Gasteiger partial charge in [-0.2, -0.15) is 0 Å². The van der Waals surface area contributed by atoms with Crippen LogP contribution in [-0.2, 0) is 4.74 Å². The van der Waals surface area contributed by atoms with Crippen LogP contribution in [-0.4, -0.2) is 30.7 Å². The number of esters is 1. The Balaban J connectivity index is 2.17. The zero-order chi connectivity index (χ0) is 16.8. The second-order valence-corrected chi connectivity index (χ2v) is 4.64. The zero-order valence-corrected chi connectivity index (χ0v) is 12.8. The molecule has 0 bridgehead atoms. The quantitative estimate of drug-likeness (QED) is 0.654. The third-order valence-corrected chi connectivity index (χ3v) is 3.10. The van der Waals surface area contributed by atoms with Gasteiger partial charge >= 0.3 is 5.97 Å². The average molecular weight is 315 g/mol. The molecule has 0 aromatic heterocycles. The maximum absolute atomic E-state index is 12.2. The lowest BCUT2D eigenvalue weighted by Crippen LogP contribution is -2.13. The Labute approximate surface area is 133 Å². The molecule has 2 rings (SSSR count). The van der Waals surface area contributed by atoms with Crippen molar-refractivity contribution >= 4 is 17.6 Å². The van der Waals surface area contributed by atoms with Crippen LogP contribution in [0.3, 0.4) is 0 Å². The highest BCUT2D eigenvalue weighted by Crippen LogP contribution is 2.23. The minimum absolute atomic E-state index is 0.000573. The van der Waals surface area contributed by atoms with Crippen molar-refractivity contribution in [2.75, 3.05) is 19.0 Å². The summed E-state index contributed by atoms with van der Waals surface area (Å²) in [6, 6.07) is 10.8. The standard InChI is InChI=1S/C17H17NO5/c1-3-23-17(21)14-10-12(6-9-15(14)19)18-16(20)11-4-7-13(22-2)8-5-11/h4-10,19H,3H2,1-2H3,(H,18,20). The molecule has 2 N–H and O–H groups in total. The topological polar surface area (TPSA) is 84.9 Å². The number of aromatic hydroxyl groups is 1. The number of phenols is 1. The molecule has 0 saturated heterocycles. The molecule has 2 aromatic carbocycles. The Bertz CT molecular complexity index is 709. The number of anilines is 1. The molecule has 0 unspecified atom stereocenters. The van der Waals surface area contributed by atoms with Gasteiger partial charge in [-0.3, -0.25) is 4.79 Å². The van der Waals surface area contributed by atoms with Gasteiger partial charge < -0.3 is 19.9 Å². The fourth-order valence-corrected chi connectivity index (χ4v) is 1.93. The highest BCUT2D eigenvalue weighted by molar-refractivity contribution is 6.05. The maximum Gasteiger partial charge on any atom is 0.341 e. The van der Waals surface area contributed by atoms with Crippen LogP contribution >= 0.6 is 0 Å². The molecular weight excluding hydrogens is 298 g/mol. The Kier molecular flexibility index (Phi) is 5.19. The second kappa shape index (κ2) is 7.31. The number of hydrogen-bond acceptors (Lipinski definition) is 5. The lowest BCUT2D eigenvalue weighted by molar-refractivity contribution is 0.0523. The summed E-state index contributed by atoms with van der Waals surface area (Å²) >= 11 is 0. The van der Waals surface area contributed by atoms with Gasteiger partial charge in [-0.15, -0.1) is 0 Å². The number of rotatable bonds is 5. The van der Waals surface area contributed by atoms with Crippen LogP contribution in [0, 0.1) is 0 Å². The Morgan fingerprint density at radius 3 is 2.43 bits per heavy atom. The molecule has 0 fully saturated rings. The smallest absolute Gasteiger partial charge is 0.341 e. The van der Waals surface area contributed by atoms with Gasteiger partial charge in [-0.1, -0.05) is 0 Å². The summed E-state index contributed by atoms with van der Waals surface area (Å²) < 4.78 is 9.89. The number of methoxy groups -OCH3 is 1. The van der Waals surface area contributed by atoms with Gasteiger partial charge in [0, 0.05) is 11.3 Å². The fraction of sp³-hybridized carbons (Fsp3) is 0.176. The fourth-order valence-electron chi connectivity index (χ4n) is 1.93. The second-order valence-electron chi connectivity index (χ2n) is 4.64. The number of hydrogen-bond donors (Lipinski definition) is 2. The first-order valence-electron chi connectivity index (χ1n) is 7.00. The van der Waals surface area contributed by atoms with E-state index in [1.807, 2.05) is 0 Å². The van der Waals surface area contributed by atoms with Crippen molar-refractivity contribution in [3.63, 3.8) is 0 Å². The monoisotopic (exact) mass is 315 g/mol. The predicted octanol–water partition coefficient (Wildman–Crippen LogP) is 2.83. The van der Waals surface area contributed by atoms with Crippen molar-refractivity contribution in [2.24, 2.45) is 0 Å². The van der Waals surface area contributed by atoms with E-state index in [4.69, 9.17) is 9.47 Å². The largest absolute Gasteiger partial charge is 0.507 e. The number of ether oxygens (including phenoxy) is 2. The van der Waals surface area contributed by atoms with Gasteiger partial charge in [-0.25, -0.2) is 4.79 Å². The van der Waals surface area contributed by atoms with Gasteiger partial charge in [0.05, 0.1) is 13.7 Å². The highest BCUT2D eigenvalue weighted by Gasteiger charge is 2.14. The Morgan fingerprint density at radius 2 is 1.83 bits per heavy atom. The maximum atomic E-state index is 12.2. The van der Waals surface area contributed by atoms with E-state index in [0.29, 0.717) is 17.0 Å². The van der Waals surface area contributed by atoms with Crippen LogP contribution in [0.4, 0.5) is 5.69 Å². The lowest BCUT2D eigenvalue weighted by atomic mass is 10.1. The third-order valence-electron chi connectivity index (χ3n) is 3.10. The van der Waals surface area contributed by atoms with E-state index in [-0.39, 0.29) is 23.8 Å². The summed E-state index contributed by atoms with van der Waals surface area (Å²) in [5, 5.41) is 12.4. The molecule has 0 saturated carbocycles. The van der Waals surface area contributed by atoms with Gasteiger partial charge in [0.15, 0.2) is 0 Å². The minimum Gasteiger partial charge on any atom is -0.507 e. The summed E-state index contributed by atoms with van der Waals surface area (Å²) in [5.74, 6) is -0.541. The number of phenolic OH excluding ortho intramolecular Hbond substituents is 1. The highest BCUT2D eigenvalue weighted by atomic mass is 16.5. The number of carbonyl (C=O) groups is 2. The SMILES string of the molecule is CCOC(=O)c1cc(NC(=O)c2ccc(OC)cc2)ccc1O. The molecule has 0 spiro atoms. The summed E-state index contributed by atoms with van der Waals surface area (Å²) in [5.41, 5.74) is 0.822.